The highest BCUT2D eigenvalue weighted by Crippen LogP contribution is 2.34. The van der Waals surface area contributed by atoms with E-state index in [2.05, 4.69) is 0 Å². The fourth-order valence-electron chi connectivity index (χ4n) is 1.57. The molecule has 0 N–H and O–H groups in total. The van der Waals surface area contributed by atoms with Crippen LogP contribution >= 0.6 is 58.0 Å². The van der Waals surface area contributed by atoms with Crippen molar-refractivity contribution in [2.24, 2.45) is 0 Å². The standard InChI is InChI=1S/C13H5Cl5O/c14-6-4-9(16)11(10(17)5-6)13(19)7-2-1-3-8(15)12(7)18/h1-5H. The molecular weight excluding hydrogens is 349 g/mol. The molecule has 1 nitrogen and oxygen atoms in total. The molecule has 0 aliphatic carbocycles. The number of hydrogen-bond acceptors (Lipinski definition) is 1. The lowest BCUT2D eigenvalue weighted by atomic mass is 10.0. The van der Waals surface area contributed by atoms with Gasteiger partial charge in [0.15, 0.2) is 5.78 Å². The van der Waals surface area contributed by atoms with Crippen molar-refractivity contribution in [3.63, 3.8) is 0 Å². The second-order valence-corrected chi connectivity index (χ2v) is 5.71. The predicted octanol–water partition coefficient (Wildman–Crippen LogP) is 6.18. The zero-order valence-corrected chi connectivity index (χ0v) is 13.0. The van der Waals surface area contributed by atoms with Gasteiger partial charge in [-0.15, -0.1) is 0 Å². The quantitative estimate of drug-likeness (QED) is 0.588. The van der Waals surface area contributed by atoms with Crippen LogP contribution in [0.5, 0.6) is 0 Å². The van der Waals surface area contributed by atoms with Crippen LogP contribution in [0.15, 0.2) is 30.3 Å². The van der Waals surface area contributed by atoms with E-state index in [-0.39, 0.29) is 31.2 Å². The van der Waals surface area contributed by atoms with Crippen LogP contribution in [-0.4, -0.2) is 5.78 Å². The fraction of sp³-hybridized carbons (Fsp3) is 0. The summed E-state index contributed by atoms with van der Waals surface area (Å²) in [6, 6.07) is 7.66. The average molecular weight is 354 g/mol. The van der Waals surface area contributed by atoms with Crippen LogP contribution in [-0.2, 0) is 0 Å². The zero-order chi connectivity index (χ0) is 14.2. The zero-order valence-electron chi connectivity index (χ0n) is 9.18. The maximum absolute atomic E-state index is 12.4. The van der Waals surface area contributed by atoms with Gasteiger partial charge in [-0.2, -0.15) is 0 Å². The first-order chi connectivity index (χ1) is 8.91. The largest absolute Gasteiger partial charge is 0.288 e. The van der Waals surface area contributed by atoms with E-state index in [9.17, 15) is 4.79 Å². The molecule has 2 aromatic carbocycles. The van der Waals surface area contributed by atoms with Crippen molar-refractivity contribution >= 4 is 63.8 Å². The maximum Gasteiger partial charge on any atom is 0.197 e. The van der Waals surface area contributed by atoms with Crippen molar-refractivity contribution in [1.82, 2.24) is 0 Å². The van der Waals surface area contributed by atoms with Crippen molar-refractivity contribution in [2.45, 2.75) is 0 Å². The van der Waals surface area contributed by atoms with E-state index in [0.29, 0.717) is 5.02 Å². The number of carbonyl (C=O) groups is 1. The molecule has 0 bridgehead atoms. The van der Waals surface area contributed by atoms with Crippen LogP contribution in [0.25, 0.3) is 0 Å². The molecule has 0 saturated carbocycles. The van der Waals surface area contributed by atoms with E-state index in [4.69, 9.17) is 58.0 Å². The number of rotatable bonds is 2. The normalized spacial score (nSPS) is 10.6. The van der Waals surface area contributed by atoms with E-state index >= 15 is 0 Å². The van der Waals surface area contributed by atoms with E-state index in [1.807, 2.05) is 0 Å². The second-order valence-electron chi connectivity index (χ2n) is 3.67. The Kier molecular flexibility index (Phi) is 4.65. The van der Waals surface area contributed by atoms with Gasteiger partial charge in [0.05, 0.1) is 25.7 Å². The number of ketones is 1. The summed E-state index contributed by atoms with van der Waals surface area (Å²) in [6.07, 6.45) is 0. The molecule has 0 atom stereocenters. The number of halogens is 5. The number of hydrogen-bond donors (Lipinski definition) is 0. The third kappa shape index (κ3) is 3.01. The van der Waals surface area contributed by atoms with E-state index < -0.39 is 5.78 Å². The van der Waals surface area contributed by atoms with Crippen LogP contribution in [0.3, 0.4) is 0 Å². The van der Waals surface area contributed by atoms with Gasteiger partial charge >= 0.3 is 0 Å². The van der Waals surface area contributed by atoms with E-state index in [1.165, 1.54) is 12.1 Å². The molecule has 0 heterocycles. The first-order valence-electron chi connectivity index (χ1n) is 5.05. The summed E-state index contributed by atoms with van der Waals surface area (Å²) in [4.78, 5) is 12.4. The van der Waals surface area contributed by atoms with Gasteiger partial charge in [-0.3, -0.25) is 4.79 Å². The molecule has 2 aromatic rings. The summed E-state index contributed by atoms with van der Waals surface area (Å²) in [5, 5.41) is 1.13. The van der Waals surface area contributed by atoms with Gasteiger partial charge in [0, 0.05) is 10.6 Å². The Morgan fingerprint density at radius 1 is 0.842 bits per heavy atom. The molecular formula is C13H5Cl5O. The molecule has 98 valence electrons. The Balaban J connectivity index is 2.60. The highest BCUT2D eigenvalue weighted by Gasteiger charge is 2.20. The van der Waals surface area contributed by atoms with Crippen LogP contribution in [0.1, 0.15) is 15.9 Å². The van der Waals surface area contributed by atoms with Crippen molar-refractivity contribution < 1.29 is 4.79 Å². The number of benzene rings is 2. The molecule has 0 aromatic heterocycles. The van der Waals surface area contributed by atoms with Gasteiger partial charge in [-0.1, -0.05) is 64.1 Å². The van der Waals surface area contributed by atoms with Crippen molar-refractivity contribution in [2.75, 3.05) is 0 Å². The summed E-state index contributed by atoms with van der Waals surface area (Å²) >= 11 is 29.7. The molecule has 0 unspecified atom stereocenters. The Bertz CT molecular complexity index is 643. The minimum atomic E-state index is -0.404. The molecule has 0 saturated heterocycles. The van der Waals surface area contributed by atoms with Crippen molar-refractivity contribution in [3.8, 4) is 0 Å². The molecule has 0 radical (unpaired) electrons. The Morgan fingerprint density at radius 3 is 2.00 bits per heavy atom. The first-order valence-corrected chi connectivity index (χ1v) is 6.94. The molecule has 0 aliphatic heterocycles. The average Bonchev–Trinajstić information content (AvgIpc) is 2.31. The summed E-state index contributed by atoms with van der Waals surface area (Å²) < 4.78 is 0. The smallest absolute Gasteiger partial charge is 0.197 e. The van der Waals surface area contributed by atoms with E-state index in [1.54, 1.807) is 18.2 Å². The topological polar surface area (TPSA) is 17.1 Å². The SMILES string of the molecule is O=C(c1cccc(Cl)c1Cl)c1c(Cl)cc(Cl)cc1Cl. The van der Waals surface area contributed by atoms with Crippen molar-refractivity contribution in [3.05, 3.63) is 66.6 Å². The summed E-state index contributed by atoms with van der Waals surface area (Å²) in [5.41, 5.74) is 0.386. The summed E-state index contributed by atoms with van der Waals surface area (Å²) in [7, 11) is 0. The van der Waals surface area contributed by atoms with Gasteiger partial charge in [0.2, 0.25) is 0 Å². The van der Waals surface area contributed by atoms with Crippen molar-refractivity contribution in [1.29, 1.82) is 0 Å². The Hall–Kier alpha value is -0.440. The van der Waals surface area contributed by atoms with Gasteiger partial charge in [-0.05, 0) is 24.3 Å². The van der Waals surface area contributed by atoms with Crippen LogP contribution < -0.4 is 0 Å². The minimum Gasteiger partial charge on any atom is -0.288 e. The van der Waals surface area contributed by atoms with Crippen LogP contribution in [0.2, 0.25) is 25.1 Å². The molecule has 0 spiro atoms. The molecule has 6 heteroatoms. The Morgan fingerprint density at radius 2 is 1.42 bits per heavy atom. The molecule has 2 rings (SSSR count). The lowest BCUT2D eigenvalue weighted by molar-refractivity contribution is 0.103. The summed E-state index contributed by atoms with van der Waals surface area (Å²) in [6.45, 7) is 0. The lowest BCUT2D eigenvalue weighted by Crippen LogP contribution is -2.04. The van der Waals surface area contributed by atoms with Crippen LogP contribution in [0, 0.1) is 0 Å². The second kappa shape index (κ2) is 5.90. The predicted molar refractivity (Wildman–Crippen MR) is 81.4 cm³/mol. The van der Waals surface area contributed by atoms with Crippen LogP contribution in [0.4, 0.5) is 0 Å². The first kappa shape index (κ1) is 15.0. The third-order valence-electron chi connectivity index (χ3n) is 2.43. The lowest BCUT2D eigenvalue weighted by Gasteiger charge is -2.09. The molecule has 0 aliphatic rings. The third-order valence-corrected chi connectivity index (χ3v) is 4.06. The molecule has 0 amide bonds. The van der Waals surface area contributed by atoms with Gasteiger partial charge in [0.25, 0.3) is 0 Å². The molecule has 0 fully saturated rings. The highest BCUT2D eigenvalue weighted by atomic mass is 35.5. The maximum atomic E-state index is 12.4. The van der Waals surface area contributed by atoms with Gasteiger partial charge in [-0.25, -0.2) is 0 Å². The monoisotopic (exact) mass is 352 g/mol. The minimum absolute atomic E-state index is 0.150. The number of carbonyl (C=O) groups excluding carboxylic acids is 1. The molecule has 19 heavy (non-hydrogen) atoms. The highest BCUT2D eigenvalue weighted by molar-refractivity contribution is 6.47. The van der Waals surface area contributed by atoms with E-state index in [0.717, 1.165) is 0 Å². The summed E-state index contributed by atoms with van der Waals surface area (Å²) in [5.74, 6) is -0.404. The van der Waals surface area contributed by atoms with Gasteiger partial charge in [0.1, 0.15) is 0 Å². The Labute approximate surface area is 135 Å². The fourth-order valence-corrected chi connectivity index (χ4v) is 2.95. The van der Waals surface area contributed by atoms with Gasteiger partial charge < -0.3 is 0 Å².